The maximum atomic E-state index is 9.98. The van der Waals surface area contributed by atoms with Gasteiger partial charge in [0.15, 0.2) is 8.32 Å². The van der Waals surface area contributed by atoms with E-state index in [0.29, 0.717) is 0 Å². The van der Waals surface area contributed by atoms with Crippen molar-refractivity contribution in [3.05, 3.63) is 0 Å². The van der Waals surface area contributed by atoms with E-state index in [1.54, 1.807) is 0 Å². The van der Waals surface area contributed by atoms with Crippen LogP contribution < -0.4 is 0 Å². The van der Waals surface area contributed by atoms with Crippen molar-refractivity contribution in [2.45, 2.75) is 103 Å². The van der Waals surface area contributed by atoms with Crippen LogP contribution >= 0.6 is 0 Å². The highest BCUT2D eigenvalue weighted by Crippen LogP contribution is 2.25. The summed E-state index contributed by atoms with van der Waals surface area (Å²) in [7, 11) is -16.1. The maximum absolute atomic E-state index is 9.98. The number of hydrogen-bond donors (Lipinski definition) is 1. The fourth-order valence-corrected chi connectivity index (χ4v) is 40.5. The Morgan fingerprint density at radius 2 is 0.943 bits per heavy atom. The summed E-state index contributed by atoms with van der Waals surface area (Å²) in [6, 6.07) is 4.09. The predicted molar refractivity (Wildman–Crippen MR) is 168 cm³/mol. The van der Waals surface area contributed by atoms with Crippen molar-refractivity contribution in [3.63, 3.8) is 0 Å². The molecule has 0 radical (unpaired) electrons. The van der Waals surface area contributed by atoms with Crippen molar-refractivity contribution in [1.82, 2.24) is 0 Å². The van der Waals surface area contributed by atoms with Gasteiger partial charge in [0, 0.05) is 8.80 Å². The first kappa shape index (κ1) is 34.8. The first-order valence-electron chi connectivity index (χ1n) is 13.0. The maximum Gasteiger partial charge on any atom is 0.316 e. The molecule has 2 heterocycles. The summed E-state index contributed by atoms with van der Waals surface area (Å²) < 4.78 is 48.2. The first-order valence-corrected chi connectivity index (χ1v) is 36.9. The molecule has 0 aromatic carbocycles. The van der Waals surface area contributed by atoms with Gasteiger partial charge in [-0.15, -0.1) is 0 Å². The lowest BCUT2D eigenvalue weighted by Gasteiger charge is -2.37. The van der Waals surface area contributed by atoms with Gasteiger partial charge in [-0.25, -0.2) is 0 Å². The summed E-state index contributed by atoms with van der Waals surface area (Å²) in [5.74, 6) is 0. The lowest BCUT2D eigenvalue weighted by molar-refractivity contribution is 0.273. The third-order valence-corrected chi connectivity index (χ3v) is 37.5. The van der Waals surface area contributed by atoms with Crippen LogP contribution in [0.2, 0.25) is 103 Å². The lowest BCUT2D eigenvalue weighted by Crippen LogP contribution is -2.53. The van der Waals surface area contributed by atoms with E-state index in [1.165, 1.54) is 6.04 Å². The molecule has 2 aliphatic rings. The molecule has 2 saturated heterocycles. The molecule has 2 fully saturated rings. The van der Waals surface area contributed by atoms with Gasteiger partial charge >= 0.3 is 17.1 Å². The average Bonchev–Trinajstić information content (AvgIpc) is 2.61. The smallest absolute Gasteiger partial charge is 0.316 e. The second-order valence-electron chi connectivity index (χ2n) is 10.9. The summed E-state index contributed by atoms with van der Waals surface area (Å²) in [5, 5.41) is 0. The molecule has 0 aromatic heterocycles. The predicted octanol–water partition coefficient (Wildman–Crippen LogP) is 2.06. The molecule has 210 valence electrons. The molecule has 2 aliphatic heterocycles. The minimum Gasteiger partial charge on any atom is -0.432 e. The molecule has 0 bridgehead atoms. The lowest BCUT2D eigenvalue weighted by atomic mass is 10.9. The van der Waals surface area contributed by atoms with Crippen LogP contribution in [0.4, 0.5) is 0 Å². The van der Waals surface area contributed by atoms with Gasteiger partial charge in [-0.2, -0.15) is 0 Å². The largest absolute Gasteiger partial charge is 0.432 e. The molecule has 0 aliphatic carbocycles. The average molecular weight is 669 g/mol. The Labute approximate surface area is 229 Å². The fourth-order valence-electron chi connectivity index (χ4n) is 4.03. The van der Waals surface area contributed by atoms with Crippen LogP contribution in [0.15, 0.2) is 0 Å². The van der Waals surface area contributed by atoms with Crippen molar-refractivity contribution in [2.75, 3.05) is 0 Å². The van der Waals surface area contributed by atoms with Gasteiger partial charge in [0.2, 0.25) is 0 Å². The van der Waals surface area contributed by atoms with Crippen LogP contribution in [0.25, 0.3) is 0 Å². The van der Waals surface area contributed by atoms with Crippen molar-refractivity contribution in [3.8, 4) is 0 Å². The second-order valence-corrected chi connectivity index (χ2v) is 38.9. The Bertz CT molecular complexity index is 589. The Morgan fingerprint density at radius 3 is 1.23 bits per heavy atom. The Hall–Kier alpha value is 1.81. The fraction of sp³-hybridized carbons (Fsp3) is 1.00. The van der Waals surface area contributed by atoms with Crippen LogP contribution in [0.1, 0.15) is 0 Å². The minimum absolute atomic E-state index is 0.532. The van der Waals surface area contributed by atoms with Crippen molar-refractivity contribution >= 4 is 89.9 Å². The number of rotatable bonds is 6. The monoisotopic (exact) mass is 668 g/mol. The molecule has 35 heavy (non-hydrogen) atoms. The second kappa shape index (κ2) is 15.6. The topological polar surface area (TPSA) is 94.1 Å². The molecule has 9 nitrogen and oxygen atoms in total. The van der Waals surface area contributed by atoms with E-state index >= 15 is 0 Å². The summed E-state index contributed by atoms with van der Waals surface area (Å²) in [5.41, 5.74) is 0. The van der Waals surface area contributed by atoms with Crippen LogP contribution in [-0.4, -0.2) is 94.7 Å². The van der Waals surface area contributed by atoms with Crippen molar-refractivity contribution < 1.29 is 37.7 Å². The highest BCUT2D eigenvalue weighted by atomic mass is 28.5. The van der Waals surface area contributed by atoms with Crippen LogP contribution in [0.3, 0.4) is 0 Å². The summed E-state index contributed by atoms with van der Waals surface area (Å²) >= 11 is 0. The number of hydrogen-bond acceptors (Lipinski definition) is 9. The molecular formula is C16H52O9Si10. The summed E-state index contributed by atoms with van der Waals surface area (Å²) in [6.07, 6.45) is 0. The third-order valence-electron chi connectivity index (χ3n) is 5.56. The molecule has 0 amide bonds. The van der Waals surface area contributed by atoms with E-state index < -0.39 is 89.9 Å². The molecule has 0 saturated carbocycles. The standard InChI is InChI=1S/C8H26O5Si5.C8H26O4Si5/c1-14-10-15(2)12-18(6,13-16(3)11-14)8-7-17(4,5)9;1-13(2)7-8-17(6)11-15(4)9-14(3)10-16(5)12-17/h9,14-16H,7-8H2,1-6H3;13-16H,7-8H2,1-6H3. The molecular weight excluding hydrogens is 617 g/mol. The first-order chi connectivity index (χ1) is 15.9. The van der Waals surface area contributed by atoms with Gasteiger partial charge in [0.05, 0.1) is 0 Å². The molecule has 0 aromatic rings. The molecule has 2 rings (SSSR count). The summed E-state index contributed by atoms with van der Waals surface area (Å²) in [4.78, 5) is 9.98. The Kier molecular flexibility index (Phi) is 15.5. The van der Waals surface area contributed by atoms with Gasteiger partial charge in [-0.3, -0.25) is 0 Å². The highest BCUT2D eigenvalue weighted by Gasteiger charge is 2.41. The zero-order chi connectivity index (χ0) is 27.0. The molecule has 1 N–H and O–H groups in total. The van der Waals surface area contributed by atoms with Crippen LogP contribution in [0, 0.1) is 0 Å². The third kappa shape index (κ3) is 15.9. The van der Waals surface area contributed by atoms with E-state index in [9.17, 15) is 4.80 Å². The Balaban J connectivity index is 0.000000351. The van der Waals surface area contributed by atoms with Crippen LogP contribution in [0.5, 0.6) is 0 Å². The van der Waals surface area contributed by atoms with Crippen molar-refractivity contribution in [2.24, 2.45) is 0 Å². The molecule has 4 unspecified atom stereocenters. The van der Waals surface area contributed by atoms with E-state index in [0.717, 1.165) is 18.1 Å². The van der Waals surface area contributed by atoms with E-state index in [-0.39, 0.29) is 0 Å². The minimum atomic E-state index is -2.21. The molecule has 4 atom stereocenters. The van der Waals surface area contributed by atoms with Gasteiger partial charge in [0.1, 0.15) is 0 Å². The van der Waals surface area contributed by atoms with Gasteiger partial charge < -0.3 is 37.7 Å². The molecule has 0 spiro atoms. The zero-order valence-corrected chi connectivity index (χ0v) is 35.2. The Morgan fingerprint density at radius 1 is 0.629 bits per heavy atom. The molecule has 19 heteroatoms. The van der Waals surface area contributed by atoms with E-state index in [4.69, 9.17) is 32.9 Å². The normalized spacial score (nSPS) is 39.6. The van der Waals surface area contributed by atoms with Crippen LogP contribution in [-0.2, 0) is 32.9 Å². The van der Waals surface area contributed by atoms with E-state index in [2.05, 4.69) is 45.8 Å². The van der Waals surface area contributed by atoms with E-state index in [1.807, 2.05) is 32.7 Å². The van der Waals surface area contributed by atoms with Crippen molar-refractivity contribution in [1.29, 1.82) is 0 Å². The zero-order valence-electron chi connectivity index (χ0n) is 24.1. The quantitative estimate of drug-likeness (QED) is 0.427. The SMILES string of the molecule is C[SiH](C)CC[Si]1(C)O[SiH](C)O[SiH](C)O[SiH](C)O1.C[SiH]1O[SiH](C)O[Si](C)(CC[Si](C)(C)O)O[SiH](C)O1. The summed E-state index contributed by atoms with van der Waals surface area (Å²) in [6.45, 7) is 25.4. The van der Waals surface area contributed by atoms with Gasteiger partial charge in [0.25, 0.3) is 55.7 Å². The highest BCUT2D eigenvalue weighted by molar-refractivity contribution is 6.83. The van der Waals surface area contributed by atoms with Gasteiger partial charge in [-0.05, 0) is 83.6 Å². The van der Waals surface area contributed by atoms with Gasteiger partial charge in [-0.1, -0.05) is 19.1 Å².